The van der Waals surface area contributed by atoms with Gasteiger partial charge in [-0.3, -0.25) is 9.59 Å². The van der Waals surface area contributed by atoms with Gasteiger partial charge in [0, 0.05) is 23.7 Å². The topological polar surface area (TPSA) is 50.5 Å². The Morgan fingerprint density at radius 1 is 1.14 bits per heavy atom. The largest absolute Gasteiger partial charge is 0.453 e. The molecule has 5 heteroatoms. The third-order valence-electron chi connectivity index (χ3n) is 3.86. The first-order valence-electron chi connectivity index (χ1n) is 7.33. The van der Waals surface area contributed by atoms with Crippen LogP contribution in [0.3, 0.4) is 0 Å². The summed E-state index contributed by atoms with van der Waals surface area (Å²) in [7, 11) is 0. The van der Waals surface area contributed by atoms with Gasteiger partial charge >= 0.3 is 0 Å². The third kappa shape index (κ3) is 2.92. The lowest BCUT2D eigenvalue weighted by Gasteiger charge is -2.27. The highest BCUT2D eigenvalue weighted by Crippen LogP contribution is 2.29. The van der Waals surface area contributed by atoms with Gasteiger partial charge in [-0.1, -0.05) is 11.6 Å². The molecule has 0 saturated carbocycles. The molecule has 114 valence electrons. The molecule has 1 fully saturated rings. The van der Waals surface area contributed by atoms with Crippen molar-refractivity contribution in [2.75, 3.05) is 13.1 Å². The van der Waals surface area contributed by atoms with Crippen LogP contribution in [0.25, 0.3) is 11.3 Å². The van der Waals surface area contributed by atoms with Gasteiger partial charge in [-0.15, -0.1) is 0 Å². The first-order chi connectivity index (χ1) is 10.7. The van der Waals surface area contributed by atoms with Gasteiger partial charge in [0.15, 0.2) is 12.0 Å². The van der Waals surface area contributed by atoms with Gasteiger partial charge in [0.2, 0.25) is 0 Å². The van der Waals surface area contributed by atoms with Crippen molar-refractivity contribution in [2.45, 2.75) is 19.3 Å². The molecule has 4 nitrogen and oxygen atoms in total. The van der Waals surface area contributed by atoms with E-state index in [0.717, 1.165) is 32.4 Å². The number of hydrogen-bond donors (Lipinski definition) is 0. The summed E-state index contributed by atoms with van der Waals surface area (Å²) in [5.41, 5.74) is 1.18. The van der Waals surface area contributed by atoms with Crippen molar-refractivity contribution in [3.63, 3.8) is 0 Å². The number of furan rings is 1. The van der Waals surface area contributed by atoms with Crippen molar-refractivity contribution >= 4 is 23.8 Å². The van der Waals surface area contributed by atoms with Crippen LogP contribution in [-0.4, -0.2) is 30.2 Å². The van der Waals surface area contributed by atoms with E-state index in [-0.39, 0.29) is 11.7 Å². The quantitative estimate of drug-likeness (QED) is 0.803. The summed E-state index contributed by atoms with van der Waals surface area (Å²) in [5, 5.41) is 0.506. The van der Waals surface area contributed by atoms with Crippen LogP contribution in [0.5, 0.6) is 0 Å². The highest BCUT2D eigenvalue weighted by Gasteiger charge is 2.22. The Hall–Kier alpha value is -2.07. The summed E-state index contributed by atoms with van der Waals surface area (Å²) < 4.78 is 5.46. The Morgan fingerprint density at radius 2 is 1.91 bits per heavy atom. The number of halogens is 1. The first kappa shape index (κ1) is 14.9. The standard InChI is InChI=1S/C17H16ClNO3/c18-12-4-6-14(16-7-5-13(11-20)22-16)15(10-12)17(21)19-8-2-1-3-9-19/h4-7,10-11H,1-3,8-9H2. The van der Waals surface area contributed by atoms with Gasteiger partial charge in [-0.2, -0.15) is 0 Å². The van der Waals surface area contributed by atoms with Crippen LogP contribution in [0.2, 0.25) is 5.02 Å². The van der Waals surface area contributed by atoms with Crippen LogP contribution in [0, 0.1) is 0 Å². The molecule has 1 amide bonds. The molecular formula is C17H16ClNO3. The number of carbonyl (C=O) groups excluding carboxylic acids is 2. The molecule has 1 aliphatic heterocycles. The summed E-state index contributed by atoms with van der Waals surface area (Å²) in [6.07, 6.45) is 3.86. The molecule has 0 radical (unpaired) electrons. The van der Waals surface area contributed by atoms with E-state index in [0.29, 0.717) is 28.2 Å². The van der Waals surface area contributed by atoms with Crippen molar-refractivity contribution in [1.82, 2.24) is 4.90 Å². The second-order valence-electron chi connectivity index (χ2n) is 5.36. The highest BCUT2D eigenvalue weighted by atomic mass is 35.5. The Labute approximate surface area is 133 Å². The highest BCUT2D eigenvalue weighted by molar-refractivity contribution is 6.31. The fraction of sp³-hybridized carbons (Fsp3) is 0.294. The summed E-state index contributed by atoms with van der Waals surface area (Å²) in [6, 6.07) is 8.42. The second-order valence-corrected chi connectivity index (χ2v) is 5.80. The van der Waals surface area contributed by atoms with E-state index in [9.17, 15) is 9.59 Å². The average Bonchev–Trinajstić information content (AvgIpc) is 3.04. The molecular weight excluding hydrogens is 302 g/mol. The number of hydrogen-bond acceptors (Lipinski definition) is 3. The van der Waals surface area contributed by atoms with Crippen LogP contribution in [-0.2, 0) is 0 Å². The smallest absolute Gasteiger partial charge is 0.254 e. The molecule has 0 aliphatic carbocycles. The molecule has 0 N–H and O–H groups in total. The Balaban J connectivity index is 2.00. The van der Waals surface area contributed by atoms with E-state index in [4.69, 9.17) is 16.0 Å². The Kier molecular flexibility index (Phi) is 4.29. The monoisotopic (exact) mass is 317 g/mol. The fourth-order valence-corrected chi connectivity index (χ4v) is 2.91. The summed E-state index contributed by atoms with van der Waals surface area (Å²) in [6.45, 7) is 1.53. The number of rotatable bonds is 3. The van der Waals surface area contributed by atoms with Gasteiger partial charge in [0.1, 0.15) is 5.76 Å². The lowest BCUT2D eigenvalue weighted by molar-refractivity contribution is 0.0725. The van der Waals surface area contributed by atoms with Gasteiger partial charge in [0.25, 0.3) is 5.91 Å². The second kappa shape index (κ2) is 6.36. The number of piperidine rings is 1. The van der Waals surface area contributed by atoms with Crippen molar-refractivity contribution in [3.05, 3.63) is 46.7 Å². The van der Waals surface area contributed by atoms with Crippen LogP contribution < -0.4 is 0 Å². The van der Waals surface area contributed by atoms with E-state index in [1.54, 1.807) is 30.3 Å². The fourth-order valence-electron chi connectivity index (χ4n) is 2.74. The minimum absolute atomic E-state index is 0.0405. The van der Waals surface area contributed by atoms with Gasteiger partial charge in [0.05, 0.1) is 5.56 Å². The third-order valence-corrected chi connectivity index (χ3v) is 4.10. The number of carbonyl (C=O) groups is 2. The molecule has 0 unspecified atom stereocenters. The molecule has 1 aromatic carbocycles. The van der Waals surface area contributed by atoms with Crippen LogP contribution in [0.15, 0.2) is 34.7 Å². The minimum Gasteiger partial charge on any atom is -0.453 e. The zero-order valence-electron chi connectivity index (χ0n) is 12.0. The van der Waals surface area contributed by atoms with E-state index < -0.39 is 0 Å². The predicted octanol–water partition coefficient (Wildman–Crippen LogP) is 4.04. The molecule has 1 aromatic heterocycles. The van der Waals surface area contributed by atoms with Crippen molar-refractivity contribution in [2.24, 2.45) is 0 Å². The molecule has 2 heterocycles. The molecule has 1 saturated heterocycles. The van der Waals surface area contributed by atoms with E-state index in [1.165, 1.54) is 0 Å². The average molecular weight is 318 g/mol. The number of benzene rings is 1. The lowest BCUT2D eigenvalue weighted by atomic mass is 10.0. The lowest BCUT2D eigenvalue weighted by Crippen LogP contribution is -2.35. The first-order valence-corrected chi connectivity index (χ1v) is 7.71. The number of aldehydes is 1. The Bertz CT molecular complexity index is 702. The number of likely N-dealkylation sites (tertiary alicyclic amines) is 1. The summed E-state index contributed by atoms with van der Waals surface area (Å²) in [5.74, 6) is 0.696. The zero-order chi connectivity index (χ0) is 15.5. The normalized spacial score (nSPS) is 14.9. The van der Waals surface area contributed by atoms with Crippen LogP contribution in [0.1, 0.15) is 40.2 Å². The van der Waals surface area contributed by atoms with Gasteiger partial charge in [-0.25, -0.2) is 0 Å². The Morgan fingerprint density at radius 3 is 2.59 bits per heavy atom. The molecule has 22 heavy (non-hydrogen) atoms. The molecule has 0 spiro atoms. The maximum absolute atomic E-state index is 12.8. The van der Waals surface area contributed by atoms with E-state index in [2.05, 4.69) is 0 Å². The van der Waals surface area contributed by atoms with Crippen molar-refractivity contribution < 1.29 is 14.0 Å². The predicted molar refractivity (Wildman–Crippen MR) is 84.3 cm³/mol. The van der Waals surface area contributed by atoms with Gasteiger partial charge in [-0.05, 0) is 49.6 Å². The molecule has 3 rings (SSSR count). The molecule has 0 atom stereocenters. The maximum atomic E-state index is 12.8. The SMILES string of the molecule is O=Cc1ccc(-c2ccc(Cl)cc2C(=O)N2CCCCC2)o1. The zero-order valence-corrected chi connectivity index (χ0v) is 12.8. The maximum Gasteiger partial charge on any atom is 0.254 e. The van der Waals surface area contributed by atoms with Crippen LogP contribution >= 0.6 is 11.6 Å². The summed E-state index contributed by atoms with van der Waals surface area (Å²) >= 11 is 6.06. The van der Waals surface area contributed by atoms with Gasteiger partial charge < -0.3 is 9.32 Å². The molecule has 2 aromatic rings. The van der Waals surface area contributed by atoms with Crippen molar-refractivity contribution in [1.29, 1.82) is 0 Å². The minimum atomic E-state index is -0.0405. The van der Waals surface area contributed by atoms with Crippen molar-refractivity contribution in [3.8, 4) is 11.3 Å². The summed E-state index contributed by atoms with van der Waals surface area (Å²) in [4.78, 5) is 25.4. The van der Waals surface area contributed by atoms with E-state index >= 15 is 0 Å². The van der Waals surface area contributed by atoms with Crippen LogP contribution in [0.4, 0.5) is 0 Å². The number of amides is 1. The number of nitrogens with zero attached hydrogens (tertiary/aromatic N) is 1. The molecule has 0 bridgehead atoms. The molecule has 1 aliphatic rings. The van der Waals surface area contributed by atoms with E-state index in [1.807, 2.05) is 4.90 Å².